The number of anilines is 3. The number of rotatable bonds is 7. The molecule has 128 valence electrons. The van der Waals surface area contributed by atoms with Crippen molar-refractivity contribution < 1.29 is 0 Å². The van der Waals surface area contributed by atoms with Crippen LogP contribution in [0.3, 0.4) is 0 Å². The summed E-state index contributed by atoms with van der Waals surface area (Å²) >= 11 is 0. The number of hydrogen-bond donors (Lipinski definition) is 2. The highest BCUT2D eigenvalue weighted by molar-refractivity contribution is 5.67. The Labute approximate surface area is 148 Å². The summed E-state index contributed by atoms with van der Waals surface area (Å²) < 4.78 is 0. The van der Waals surface area contributed by atoms with Gasteiger partial charge < -0.3 is 15.5 Å². The Kier molecular flexibility index (Phi) is 5.53. The van der Waals surface area contributed by atoms with E-state index in [2.05, 4.69) is 30.5 Å². The third-order valence-corrected chi connectivity index (χ3v) is 3.59. The lowest BCUT2D eigenvalue weighted by molar-refractivity contribution is 0.425. The van der Waals surface area contributed by atoms with E-state index < -0.39 is 0 Å². The second-order valence-corrected chi connectivity index (χ2v) is 5.92. The summed E-state index contributed by atoms with van der Waals surface area (Å²) in [6.45, 7) is 1.68. The van der Waals surface area contributed by atoms with Crippen LogP contribution < -0.4 is 10.6 Å². The molecule has 2 aromatic heterocycles. The molecule has 0 aliphatic rings. The number of pyridine rings is 1. The number of hydrogen-bond acceptors (Lipinski definition) is 6. The average molecular weight is 334 g/mol. The largest absolute Gasteiger partial charge is 0.353 e. The van der Waals surface area contributed by atoms with Crippen LogP contribution in [0.2, 0.25) is 0 Å². The first kappa shape index (κ1) is 16.9. The average Bonchev–Trinajstić information content (AvgIpc) is 2.63. The molecule has 0 saturated heterocycles. The van der Waals surface area contributed by atoms with Crippen molar-refractivity contribution in [2.75, 3.05) is 37.8 Å². The second-order valence-electron chi connectivity index (χ2n) is 5.92. The van der Waals surface area contributed by atoms with E-state index in [9.17, 15) is 0 Å². The van der Waals surface area contributed by atoms with Crippen LogP contribution in [0.5, 0.6) is 0 Å². The zero-order chi connectivity index (χ0) is 17.5. The van der Waals surface area contributed by atoms with Crippen molar-refractivity contribution in [3.63, 3.8) is 0 Å². The third-order valence-electron chi connectivity index (χ3n) is 3.59. The predicted octanol–water partition coefficient (Wildman–Crippen LogP) is 3.26. The Morgan fingerprint density at radius 1 is 0.960 bits per heavy atom. The predicted molar refractivity (Wildman–Crippen MR) is 102 cm³/mol. The standard InChI is InChI=1S/C19H22N6/c1-25(2)13-12-21-19-23-17(15-8-10-20-11-9-15)14-18(24-19)22-16-6-4-3-5-7-16/h3-11,14H,12-13H2,1-2H3,(H2,21,22,23,24). The van der Waals surface area contributed by atoms with Crippen LogP contribution in [0.15, 0.2) is 60.9 Å². The fourth-order valence-electron chi connectivity index (χ4n) is 2.32. The third kappa shape index (κ3) is 4.99. The molecule has 0 atom stereocenters. The SMILES string of the molecule is CN(C)CCNc1nc(Nc2ccccc2)cc(-c2ccncc2)n1. The first-order valence-electron chi connectivity index (χ1n) is 8.21. The highest BCUT2D eigenvalue weighted by atomic mass is 15.2. The van der Waals surface area contributed by atoms with Gasteiger partial charge in [-0.1, -0.05) is 18.2 Å². The smallest absolute Gasteiger partial charge is 0.225 e. The highest BCUT2D eigenvalue weighted by Gasteiger charge is 2.07. The number of aromatic nitrogens is 3. The molecule has 6 nitrogen and oxygen atoms in total. The molecule has 1 aromatic carbocycles. The van der Waals surface area contributed by atoms with Crippen molar-refractivity contribution >= 4 is 17.5 Å². The van der Waals surface area contributed by atoms with E-state index in [4.69, 9.17) is 0 Å². The van der Waals surface area contributed by atoms with Crippen molar-refractivity contribution in [3.8, 4) is 11.3 Å². The summed E-state index contributed by atoms with van der Waals surface area (Å²) in [6, 6.07) is 15.8. The van der Waals surface area contributed by atoms with E-state index in [1.165, 1.54) is 0 Å². The summed E-state index contributed by atoms with van der Waals surface area (Å²) in [7, 11) is 4.08. The normalized spacial score (nSPS) is 10.7. The molecule has 0 bridgehead atoms. The quantitative estimate of drug-likeness (QED) is 0.691. The van der Waals surface area contributed by atoms with Gasteiger partial charge in [-0.3, -0.25) is 4.98 Å². The lowest BCUT2D eigenvalue weighted by atomic mass is 10.2. The molecule has 2 N–H and O–H groups in total. The molecule has 0 amide bonds. The number of benzene rings is 1. The van der Waals surface area contributed by atoms with Gasteiger partial charge in [0.1, 0.15) is 5.82 Å². The zero-order valence-corrected chi connectivity index (χ0v) is 14.5. The van der Waals surface area contributed by atoms with E-state index in [1.807, 2.05) is 62.6 Å². The van der Waals surface area contributed by atoms with Crippen molar-refractivity contribution in [3.05, 3.63) is 60.9 Å². The van der Waals surface area contributed by atoms with Gasteiger partial charge in [-0.2, -0.15) is 4.98 Å². The minimum absolute atomic E-state index is 0.606. The number of likely N-dealkylation sites (N-methyl/N-ethyl adjacent to an activating group) is 1. The summed E-state index contributed by atoms with van der Waals surface area (Å²) in [6.07, 6.45) is 3.53. The lowest BCUT2D eigenvalue weighted by Gasteiger charge is -2.13. The Balaban J connectivity index is 1.87. The van der Waals surface area contributed by atoms with E-state index in [0.29, 0.717) is 5.95 Å². The molecule has 3 aromatic rings. The monoisotopic (exact) mass is 334 g/mol. The maximum Gasteiger partial charge on any atom is 0.225 e. The summed E-state index contributed by atoms with van der Waals surface area (Å²) in [5, 5.41) is 6.63. The molecule has 0 aliphatic heterocycles. The van der Waals surface area contributed by atoms with Gasteiger partial charge >= 0.3 is 0 Å². The first-order valence-corrected chi connectivity index (χ1v) is 8.21. The Morgan fingerprint density at radius 3 is 2.44 bits per heavy atom. The van der Waals surface area contributed by atoms with Gasteiger partial charge in [-0.05, 0) is 38.4 Å². The number of para-hydroxylation sites is 1. The Morgan fingerprint density at radius 2 is 1.72 bits per heavy atom. The maximum absolute atomic E-state index is 4.63. The summed E-state index contributed by atoms with van der Waals surface area (Å²) in [4.78, 5) is 15.4. The molecular weight excluding hydrogens is 312 g/mol. The first-order chi connectivity index (χ1) is 12.2. The van der Waals surface area contributed by atoms with E-state index in [-0.39, 0.29) is 0 Å². The van der Waals surface area contributed by atoms with E-state index >= 15 is 0 Å². The highest BCUT2D eigenvalue weighted by Crippen LogP contribution is 2.23. The summed E-state index contributed by atoms with van der Waals surface area (Å²) in [5.74, 6) is 1.36. The number of nitrogens with one attached hydrogen (secondary N) is 2. The fraction of sp³-hybridized carbons (Fsp3) is 0.211. The summed E-state index contributed by atoms with van der Waals surface area (Å²) in [5.41, 5.74) is 2.84. The molecular formula is C19H22N6. The van der Waals surface area contributed by atoms with Gasteiger partial charge in [-0.25, -0.2) is 4.98 Å². The second kappa shape index (κ2) is 8.21. The van der Waals surface area contributed by atoms with Crippen molar-refractivity contribution in [1.29, 1.82) is 0 Å². The molecule has 0 fully saturated rings. The van der Waals surface area contributed by atoms with Gasteiger partial charge in [0.05, 0.1) is 5.69 Å². The van der Waals surface area contributed by atoms with Crippen LogP contribution in [-0.4, -0.2) is 47.0 Å². The Bertz CT molecular complexity index is 790. The van der Waals surface area contributed by atoms with Crippen LogP contribution in [-0.2, 0) is 0 Å². The number of nitrogens with zero attached hydrogens (tertiary/aromatic N) is 4. The molecule has 25 heavy (non-hydrogen) atoms. The van der Waals surface area contributed by atoms with Crippen LogP contribution in [0, 0.1) is 0 Å². The molecule has 0 aliphatic carbocycles. The molecule has 2 heterocycles. The molecule has 6 heteroatoms. The topological polar surface area (TPSA) is 66.0 Å². The maximum atomic E-state index is 4.63. The fourth-order valence-corrected chi connectivity index (χ4v) is 2.32. The Hall–Kier alpha value is -2.99. The molecule has 3 rings (SSSR count). The minimum atomic E-state index is 0.606. The van der Waals surface area contributed by atoms with Gasteiger partial charge in [0.25, 0.3) is 0 Å². The van der Waals surface area contributed by atoms with Gasteiger partial charge in [0, 0.05) is 42.8 Å². The van der Waals surface area contributed by atoms with Gasteiger partial charge in [0.2, 0.25) is 5.95 Å². The van der Waals surface area contributed by atoms with E-state index in [0.717, 1.165) is 35.9 Å². The van der Waals surface area contributed by atoms with Crippen LogP contribution in [0.4, 0.5) is 17.5 Å². The van der Waals surface area contributed by atoms with Crippen LogP contribution in [0.1, 0.15) is 0 Å². The lowest BCUT2D eigenvalue weighted by Crippen LogP contribution is -2.21. The molecule has 0 unspecified atom stereocenters. The van der Waals surface area contributed by atoms with Crippen molar-refractivity contribution in [2.45, 2.75) is 0 Å². The van der Waals surface area contributed by atoms with Crippen LogP contribution in [0.25, 0.3) is 11.3 Å². The minimum Gasteiger partial charge on any atom is -0.353 e. The van der Waals surface area contributed by atoms with Crippen LogP contribution >= 0.6 is 0 Å². The van der Waals surface area contributed by atoms with E-state index in [1.54, 1.807) is 12.4 Å². The van der Waals surface area contributed by atoms with Crippen molar-refractivity contribution in [1.82, 2.24) is 19.9 Å². The van der Waals surface area contributed by atoms with Gasteiger partial charge in [0.15, 0.2) is 0 Å². The molecule has 0 saturated carbocycles. The zero-order valence-electron chi connectivity index (χ0n) is 14.5. The molecule has 0 radical (unpaired) electrons. The van der Waals surface area contributed by atoms with Gasteiger partial charge in [-0.15, -0.1) is 0 Å². The molecule has 0 spiro atoms. The van der Waals surface area contributed by atoms with Crippen molar-refractivity contribution in [2.24, 2.45) is 0 Å².